The van der Waals surface area contributed by atoms with Gasteiger partial charge in [0.05, 0.1) is 11.9 Å². The van der Waals surface area contributed by atoms with Crippen LogP contribution < -0.4 is 0 Å². The first-order valence-electron chi connectivity index (χ1n) is 7.94. The average molecular weight is 349 g/mol. The number of hydrogen-bond acceptors (Lipinski definition) is 6. The first kappa shape index (κ1) is 17.0. The fraction of sp³-hybridized carbons (Fsp3) is 0.562. The van der Waals surface area contributed by atoms with Gasteiger partial charge in [0.2, 0.25) is 15.0 Å². The first-order valence-corrected chi connectivity index (χ1v) is 9.83. The summed E-state index contributed by atoms with van der Waals surface area (Å²) in [6, 6.07) is 0. The van der Waals surface area contributed by atoms with Crippen LogP contribution in [-0.4, -0.2) is 46.3 Å². The zero-order valence-electron chi connectivity index (χ0n) is 14.5. The van der Waals surface area contributed by atoms with Crippen molar-refractivity contribution < 1.29 is 8.42 Å². The summed E-state index contributed by atoms with van der Waals surface area (Å²) in [5.74, 6) is 0. The summed E-state index contributed by atoms with van der Waals surface area (Å²) in [7, 11) is -3.36. The van der Waals surface area contributed by atoms with E-state index < -0.39 is 9.84 Å². The Balaban J connectivity index is 1.78. The number of nitrogens with zero attached hydrogens (tertiary/aromatic N) is 4. The second-order valence-electron chi connectivity index (χ2n) is 7.38. The molecule has 0 saturated heterocycles. The highest BCUT2D eigenvalue weighted by Crippen LogP contribution is 2.26. The lowest BCUT2D eigenvalue weighted by atomic mass is 9.89. The average Bonchev–Trinajstić information content (AvgIpc) is 2.94. The molecule has 0 unspecified atom stereocenters. The minimum Gasteiger partial charge on any atom is -0.294 e. The molecule has 24 heavy (non-hydrogen) atoms. The number of rotatable bonds is 3. The molecule has 0 radical (unpaired) electrons. The molecule has 2 aromatic heterocycles. The molecule has 2 aromatic rings. The lowest BCUT2D eigenvalue weighted by molar-refractivity contribution is 0.240. The van der Waals surface area contributed by atoms with E-state index in [0.29, 0.717) is 6.54 Å². The smallest absolute Gasteiger partial charge is 0.246 e. The van der Waals surface area contributed by atoms with Crippen LogP contribution >= 0.6 is 0 Å². The van der Waals surface area contributed by atoms with Gasteiger partial charge in [0.25, 0.3) is 0 Å². The van der Waals surface area contributed by atoms with Crippen LogP contribution in [0.2, 0.25) is 0 Å². The van der Waals surface area contributed by atoms with Gasteiger partial charge in [-0.15, -0.1) is 0 Å². The number of hydrogen-bond donors (Lipinski definition) is 1. The highest BCUT2D eigenvalue weighted by molar-refractivity contribution is 7.90. The maximum atomic E-state index is 11.6. The third-order valence-corrected chi connectivity index (χ3v) is 5.04. The van der Waals surface area contributed by atoms with Gasteiger partial charge in [-0.1, -0.05) is 20.8 Å². The predicted molar refractivity (Wildman–Crippen MR) is 90.2 cm³/mol. The Hall–Kier alpha value is -1.80. The molecule has 1 N–H and O–H groups in total. The van der Waals surface area contributed by atoms with Gasteiger partial charge in [-0.2, -0.15) is 5.10 Å². The summed E-state index contributed by atoms with van der Waals surface area (Å²) in [6.45, 7) is 8.84. The zero-order chi connectivity index (χ0) is 17.5. The topological polar surface area (TPSA) is 91.8 Å². The van der Waals surface area contributed by atoms with E-state index in [4.69, 9.17) is 0 Å². The Labute approximate surface area is 142 Å². The molecule has 130 valence electrons. The summed E-state index contributed by atoms with van der Waals surface area (Å²) < 4.78 is 23.2. The van der Waals surface area contributed by atoms with E-state index in [1.807, 2.05) is 6.20 Å². The van der Waals surface area contributed by atoms with Crippen molar-refractivity contribution in [3.05, 3.63) is 34.9 Å². The highest BCUT2D eigenvalue weighted by atomic mass is 32.2. The first-order chi connectivity index (χ1) is 11.1. The molecule has 0 aliphatic carbocycles. The van der Waals surface area contributed by atoms with E-state index in [1.165, 1.54) is 5.56 Å². The van der Waals surface area contributed by atoms with Gasteiger partial charge >= 0.3 is 0 Å². The van der Waals surface area contributed by atoms with Gasteiger partial charge in [0.15, 0.2) is 0 Å². The van der Waals surface area contributed by atoms with Crippen molar-refractivity contribution >= 4 is 9.84 Å². The standard InChI is InChI=1S/C16H23N5O2S/c1-16(2,3)14-12(8-18-20-14)10-21-6-5-13-11(9-21)7-17-15(19-13)24(4,22)23/h7-8H,5-6,9-10H2,1-4H3,(H,18,20). The molecule has 3 heterocycles. The largest absolute Gasteiger partial charge is 0.294 e. The van der Waals surface area contributed by atoms with Crippen LogP contribution in [0.3, 0.4) is 0 Å². The van der Waals surface area contributed by atoms with Crippen LogP contribution in [0.4, 0.5) is 0 Å². The molecule has 0 amide bonds. The number of nitrogens with one attached hydrogen (secondary N) is 1. The molecule has 1 aliphatic rings. The van der Waals surface area contributed by atoms with E-state index in [1.54, 1.807) is 6.20 Å². The van der Waals surface area contributed by atoms with Gasteiger partial charge in [0.1, 0.15) is 0 Å². The van der Waals surface area contributed by atoms with Crippen molar-refractivity contribution in [3.63, 3.8) is 0 Å². The number of H-pyrrole nitrogens is 1. The van der Waals surface area contributed by atoms with Crippen molar-refractivity contribution in [2.45, 2.75) is 50.9 Å². The number of aromatic nitrogens is 4. The molecule has 0 saturated carbocycles. The van der Waals surface area contributed by atoms with E-state index in [2.05, 4.69) is 45.8 Å². The maximum absolute atomic E-state index is 11.6. The Morgan fingerprint density at radius 1 is 1.29 bits per heavy atom. The van der Waals surface area contributed by atoms with Crippen LogP contribution in [0.25, 0.3) is 0 Å². The molecule has 7 nitrogen and oxygen atoms in total. The molecule has 0 bridgehead atoms. The second kappa shape index (κ2) is 5.93. The number of aromatic amines is 1. The van der Waals surface area contributed by atoms with Gasteiger partial charge in [0, 0.05) is 60.7 Å². The molecule has 0 aromatic carbocycles. The Kier molecular flexibility index (Phi) is 4.21. The number of fused-ring (bicyclic) bond motifs is 1. The van der Waals surface area contributed by atoms with Crippen LogP contribution in [-0.2, 0) is 34.8 Å². The Bertz CT molecular complexity index is 852. The Morgan fingerprint density at radius 2 is 2.04 bits per heavy atom. The van der Waals surface area contributed by atoms with Gasteiger partial charge in [-0.05, 0) is 0 Å². The molecule has 3 rings (SSSR count). The van der Waals surface area contributed by atoms with Crippen molar-refractivity contribution in [1.29, 1.82) is 0 Å². The molecule has 1 aliphatic heterocycles. The van der Waals surface area contributed by atoms with Crippen LogP contribution in [0, 0.1) is 0 Å². The Morgan fingerprint density at radius 3 is 2.71 bits per heavy atom. The van der Waals surface area contributed by atoms with Gasteiger partial charge < -0.3 is 0 Å². The van der Waals surface area contributed by atoms with E-state index in [-0.39, 0.29) is 10.6 Å². The summed E-state index contributed by atoms with van der Waals surface area (Å²) in [4.78, 5) is 10.5. The van der Waals surface area contributed by atoms with E-state index >= 15 is 0 Å². The van der Waals surface area contributed by atoms with E-state index in [9.17, 15) is 8.42 Å². The lowest BCUT2D eigenvalue weighted by Gasteiger charge is -2.29. The summed E-state index contributed by atoms with van der Waals surface area (Å²) in [5.41, 5.74) is 4.20. The third kappa shape index (κ3) is 3.49. The van der Waals surface area contributed by atoms with Crippen molar-refractivity contribution in [3.8, 4) is 0 Å². The van der Waals surface area contributed by atoms with Crippen LogP contribution in [0.15, 0.2) is 17.6 Å². The summed E-state index contributed by atoms with van der Waals surface area (Å²) in [6.07, 6.45) is 5.39. The lowest BCUT2D eigenvalue weighted by Crippen LogP contribution is -2.32. The molecule has 8 heteroatoms. The third-order valence-electron chi connectivity index (χ3n) is 4.18. The minimum atomic E-state index is -3.36. The van der Waals surface area contributed by atoms with Crippen molar-refractivity contribution in [2.75, 3.05) is 12.8 Å². The predicted octanol–water partition coefficient (Wildman–Crippen LogP) is 1.46. The quantitative estimate of drug-likeness (QED) is 0.844. The number of sulfone groups is 1. The van der Waals surface area contributed by atoms with Gasteiger partial charge in [-0.25, -0.2) is 18.4 Å². The normalized spacial score (nSPS) is 16.2. The zero-order valence-corrected chi connectivity index (χ0v) is 15.3. The fourth-order valence-electron chi connectivity index (χ4n) is 2.99. The monoisotopic (exact) mass is 349 g/mol. The molecule has 0 atom stereocenters. The maximum Gasteiger partial charge on any atom is 0.246 e. The molecule has 0 spiro atoms. The van der Waals surface area contributed by atoms with E-state index in [0.717, 1.165) is 42.7 Å². The highest BCUT2D eigenvalue weighted by Gasteiger charge is 2.24. The van der Waals surface area contributed by atoms with Crippen molar-refractivity contribution in [2.24, 2.45) is 0 Å². The summed E-state index contributed by atoms with van der Waals surface area (Å²) >= 11 is 0. The molecular formula is C16H23N5O2S. The molecule has 0 fully saturated rings. The minimum absolute atomic E-state index is 0.0209. The van der Waals surface area contributed by atoms with Crippen LogP contribution in [0.1, 0.15) is 43.3 Å². The second-order valence-corrected chi connectivity index (χ2v) is 9.29. The summed E-state index contributed by atoms with van der Waals surface area (Å²) in [5, 5.41) is 7.22. The van der Waals surface area contributed by atoms with Crippen molar-refractivity contribution in [1.82, 2.24) is 25.1 Å². The SMILES string of the molecule is CC(C)(C)c1[nH]ncc1CN1CCc2nc(S(C)(=O)=O)ncc2C1. The fourth-order valence-corrected chi connectivity index (χ4v) is 3.51. The van der Waals surface area contributed by atoms with Crippen LogP contribution in [0.5, 0.6) is 0 Å². The van der Waals surface area contributed by atoms with Gasteiger partial charge in [-0.3, -0.25) is 10.00 Å². The molecular weight excluding hydrogens is 326 g/mol.